The van der Waals surface area contributed by atoms with Gasteiger partial charge in [0.2, 0.25) is 0 Å². The van der Waals surface area contributed by atoms with Gasteiger partial charge >= 0.3 is 0 Å². The van der Waals surface area contributed by atoms with Crippen LogP contribution in [0.5, 0.6) is 0 Å². The molecule has 1 aromatic heterocycles. The Kier molecular flexibility index (Phi) is 4.59. The van der Waals surface area contributed by atoms with Crippen molar-refractivity contribution in [3.8, 4) is 0 Å². The second-order valence-electron chi connectivity index (χ2n) is 4.81. The van der Waals surface area contributed by atoms with Crippen molar-refractivity contribution in [2.45, 2.75) is 26.8 Å². The second kappa shape index (κ2) is 6.08. The standard InChI is InChI=1S/C15H14Cl2FNO2/c1-7-4-11(9(3)21-7)15(20)19-8(2)10-5-14(18)13(17)6-12(10)16/h4-6,8H,1-3H3,(H,19,20). The highest BCUT2D eigenvalue weighted by molar-refractivity contribution is 6.35. The molecule has 3 nitrogen and oxygen atoms in total. The molecular weight excluding hydrogens is 316 g/mol. The van der Waals surface area contributed by atoms with Gasteiger partial charge in [0, 0.05) is 5.02 Å². The molecule has 0 aliphatic carbocycles. The van der Waals surface area contributed by atoms with Gasteiger partial charge in [-0.3, -0.25) is 4.79 Å². The van der Waals surface area contributed by atoms with Crippen LogP contribution in [0.4, 0.5) is 4.39 Å². The minimum absolute atomic E-state index is 0.0522. The van der Waals surface area contributed by atoms with Gasteiger partial charge < -0.3 is 9.73 Å². The molecule has 1 amide bonds. The summed E-state index contributed by atoms with van der Waals surface area (Å²) in [5, 5.41) is 3.01. The molecule has 1 unspecified atom stereocenters. The lowest BCUT2D eigenvalue weighted by atomic mass is 10.1. The molecule has 0 aliphatic rings. The van der Waals surface area contributed by atoms with Gasteiger partial charge in [0.1, 0.15) is 17.3 Å². The first-order chi connectivity index (χ1) is 9.79. The Hall–Kier alpha value is -1.52. The second-order valence-corrected chi connectivity index (χ2v) is 5.62. The quantitative estimate of drug-likeness (QED) is 0.819. The topological polar surface area (TPSA) is 42.2 Å². The minimum atomic E-state index is -0.576. The van der Waals surface area contributed by atoms with Gasteiger partial charge in [-0.25, -0.2) is 4.39 Å². The van der Waals surface area contributed by atoms with Crippen LogP contribution in [-0.2, 0) is 0 Å². The first-order valence-electron chi connectivity index (χ1n) is 6.32. The van der Waals surface area contributed by atoms with Crippen molar-refractivity contribution in [2.75, 3.05) is 0 Å². The fourth-order valence-corrected chi connectivity index (χ4v) is 2.63. The number of nitrogens with one attached hydrogen (secondary N) is 1. The lowest BCUT2D eigenvalue weighted by Gasteiger charge is -2.16. The Labute approximate surface area is 132 Å². The molecule has 0 radical (unpaired) electrons. The maximum atomic E-state index is 13.5. The lowest BCUT2D eigenvalue weighted by molar-refractivity contribution is 0.0938. The maximum Gasteiger partial charge on any atom is 0.255 e. The summed E-state index contributed by atoms with van der Waals surface area (Å²) in [6, 6.07) is 3.74. The molecule has 0 fully saturated rings. The Balaban J connectivity index is 2.22. The minimum Gasteiger partial charge on any atom is -0.466 e. The van der Waals surface area contributed by atoms with E-state index in [0.717, 1.165) is 0 Å². The number of halogens is 3. The molecule has 2 rings (SSSR count). The van der Waals surface area contributed by atoms with E-state index in [-0.39, 0.29) is 10.9 Å². The molecule has 1 N–H and O–H groups in total. The number of aryl methyl sites for hydroxylation is 2. The smallest absolute Gasteiger partial charge is 0.255 e. The van der Waals surface area contributed by atoms with Crippen LogP contribution >= 0.6 is 23.2 Å². The number of hydrogen-bond acceptors (Lipinski definition) is 2. The van der Waals surface area contributed by atoms with Gasteiger partial charge in [-0.2, -0.15) is 0 Å². The van der Waals surface area contributed by atoms with Gasteiger partial charge in [-0.15, -0.1) is 0 Å². The van der Waals surface area contributed by atoms with Gasteiger partial charge in [-0.05, 0) is 44.5 Å². The van der Waals surface area contributed by atoms with Crippen LogP contribution in [0.15, 0.2) is 22.6 Å². The van der Waals surface area contributed by atoms with Crippen LogP contribution in [0.2, 0.25) is 10.0 Å². The summed E-state index contributed by atoms with van der Waals surface area (Å²) in [6.45, 7) is 5.19. The fraction of sp³-hybridized carbons (Fsp3) is 0.267. The molecule has 0 saturated heterocycles. The zero-order chi connectivity index (χ0) is 15.7. The van der Waals surface area contributed by atoms with Crippen LogP contribution < -0.4 is 5.32 Å². The van der Waals surface area contributed by atoms with Crippen molar-refractivity contribution in [1.29, 1.82) is 0 Å². The van der Waals surface area contributed by atoms with Gasteiger partial charge in [0.05, 0.1) is 16.6 Å². The summed E-state index contributed by atoms with van der Waals surface area (Å²) >= 11 is 11.7. The molecule has 1 heterocycles. The number of furan rings is 1. The summed E-state index contributed by atoms with van der Waals surface area (Å²) in [7, 11) is 0. The van der Waals surface area contributed by atoms with Gasteiger partial charge in [0.25, 0.3) is 5.91 Å². The Morgan fingerprint density at radius 2 is 1.90 bits per heavy atom. The average Bonchev–Trinajstić information content (AvgIpc) is 2.72. The molecule has 0 aliphatic heterocycles. The average molecular weight is 330 g/mol. The first kappa shape index (κ1) is 15.9. The SMILES string of the molecule is Cc1cc(C(=O)NC(C)c2cc(F)c(Cl)cc2Cl)c(C)o1. The zero-order valence-electron chi connectivity index (χ0n) is 11.8. The van der Waals surface area contributed by atoms with E-state index in [4.69, 9.17) is 27.6 Å². The van der Waals surface area contributed by atoms with E-state index in [1.54, 1.807) is 26.8 Å². The molecule has 1 aromatic carbocycles. The van der Waals surface area contributed by atoms with E-state index in [0.29, 0.717) is 27.7 Å². The highest BCUT2D eigenvalue weighted by Gasteiger charge is 2.19. The van der Waals surface area contributed by atoms with Gasteiger partial charge in [-0.1, -0.05) is 23.2 Å². The third-order valence-corrected chi connectivity index (χ3v) is 3.76. The number of benzene rings is 1. The molecular formula is C15H14Cl2FNO2. The summed E-state index contributed by atoms with van der Waals surface area (Å²) in [5.41, 5.74) is 0.912. The van der Waals surface area contributed by atoms with Crippen LogP contribution in [0.1, 0.15) is 40.4 Å². The number of amides is 1. The third-order valence-electron chi connectivity index (χ3n) is 3.14. The predicted octanol–water partition coefficient (Wildman–Crippen LogP) is 4.83. The molecule has 21 heavy (non-hydrogen) atoms. The molecule has 6 heteroatoms. The van der Waals surface area contributed by atoms with E-state index in [2.05, 4.69) is 5.32 Å². The van der Waals surface area contributed by atoms with E-state index in [1.807, 2.05) is 0 Å². The van der Waals surface area contributed by atoms with Crippen molar-refractivity contribution in [3.05, 3.63) is 56.7 Å². The Morgan fingerprint density at radius 3 is 2.48 bits per heavy atom. The van der Waals surface area contributed by atoms with Crippen LogP contribution in [-0.4, -0.2) is 5.91 Å². The normalized spacial score (nSPS) is 12.3. The van der Waals surface area contributed by atoms with Crippen molar-refractivity contribution < 1.29 is 13.6 Å². The molecule has 0 spiro atoms. The Morgan fingerprint density at radius 1 is 1.24 bits per heavy atom. The van der Waals surface area contributed by atoms with Crippen LogP contribution in [0, 0.1) is 19.7 Å². The summed E-state index contributed by atoms with van der Waals surface area (Å²) in [6.07, 6.45) is 0. The van der Waals surface area contributed by atoms with E-state index < -0.39 is 11.9 Å². The highest BCUT2D eigenvalue weighted by Crippen LogP contribution is 2.29. The number of carbonyl (C=O) groups is 1. The molecule has 0 saturated carbocycles. The van der Waals surface area contributed by atoms with Crippen molar-refractivity contribution in [3.63, 3.8) is 0 Å². The highest BCUT2D eigenvalue weighted by atomic mass is 35.5. The molecule has 0 bridgehead atoms. The first-order valence-corrected chi connectivity index (χ1v) is 7.07. The van der Waals surface area contributed by atoms with E-state index in [9.17, 15) is 9.18 Å². The zero-order valence-corrected chi connectivity index (χ0v) is 13.3. The number of rotatable bonds is 3. The Bertz CT molecular complexity index is 697. The summed E-state index contributed by atoms with van der Waals surface area (Å²) in [5.74, 6) is 0.308. The summed E-state index contributed by atoms with van der Waals surface area (Å²) in [4.78, 5) is 12.2. The molecule has 2 aromatic rings. The van der Waals surface area contributed by atoms with Crippen LogP contribution in [0.3, 0.4) is 0 Å². The maximum absolute atomic E-state index is 13.5. The van der Waals surface area contributed by atoms with Crippen molar-refractivity contribution in [1.82, 2.24) is 5.32 Å². The third kappa shape index (κ3) is 3.39. The molecule has 1 atom stereocenters. The monoisotopic (exact) mass is 329 g/mol. The fourth-order valence-electron chi connectivity index (χ4n) is 2.08. The predicted molar refractivity (Wildman–Crippen MR) is 80.5 cm³/mol. The summed E-state index contributed by atoms with van der Waals surface area (Å²) < 4.78 is 18.8. The lowest BCUT2D eigenvalue weighted by Crippen LogP contribution is -2.27. The van der Waals surface area contributed by atoms with Crippen LogP contribution in [0.25, 0.3) is 0 Å². The number of carbonyl (C=O) groups excluding carboxylic acids is 1. The largest absolute Gasteiger partial charge is 0.466 e. The van der Waals surface area contributed by atoms with E-state index >= 15 is 0 Å². The van der Waals surface area contributed by atoms with E-state index in [1.165, 1.54) is 12.1 Å². The number of hydrogen-bond donors (Lipinski definition) is 1. The van der Waals surface area contributed by atoms with Crippen molar-refractivity contribution >= 4 is 29.1 Å². The van der Waals surface area contributed by atoms with Crippen molar-refractivity contribution in [2.24, 2.45) is 0 Å². The van der Waals surface area contributed by atoms with Gasteiger partial charge in [0.15, 0.2) is 0 Å². The molecule has 112 valence electrons.